The molecule has 1 N–H and O–H groups in total. The molecule has 39 heavy (non-hydrogen) atoms. The molecular formula is C29H27ClN6O2S. The van der Waals surface area contributed by atoms with Crippen molar-refractivity contribution in [3.8, 4) is 21.9 Å². The molecule has 1 aromatic carbocycles. The minimum absolute atomic E-state index is 0.0195. The van der Waals surface area contributed by atoms with Crippen LogP contribution >= 0.6 is 22.9 Å². The predicted molar refractivity (Wildman–Crippen MR) is 154 cm³/mol. The summed E-state index contributed by atoms with van der Waals surface area (Å²) >= 11 is 8.09. The third kappa shape index (κ3) is 4.55. The second-order valence-corrected chi connectivity index (χ2v) is 11.0. The van der Waals surface area contributed by atoms with Crippen molar-refractivity contribution in [2.75, 3.05) is 18.9 Å². The Hall–Kier alpha value is -3.82. The number of carbonyl (C=O) groups excluding carboxylic acids is 1. The zero-order valence-corrected chi connectivity index (χ0v) is 23.5. The van der Waals surface area contributed by atoms with Gasteiger partial charge in [-0.3, -0.25) is 9.78 Å². The summed E-state index contributed by atoms with van der Waals surface area (Å²) in [5.41, 5.74) is 4.74. The van der Waals surface area contributed by atoms with Gasteiger partial charge >= 0.3 is 0 Å². The van der Waals surface area contributed by atoms with Crippen molar-refractivity contribution in [2.24, 2.45) is 0 Å². The molecule has 0 aliphatic carbocycles. The number of aryl methyl sites for hydroxylation is 3. The molecule has 0 unspecified atom stereocenters. The van der Waals surface area contributed by atoms with Crippen LogP contribution in [0.1, 0.15) is 46.5 Å². The first-order valence-corrected chi connectivity index (χ1v) is 14.1. The summed E-state index contributed by atoms with van der Waals surface area (Å²) in [6.07, 6.45) is 3.92. The number of carbonyl (C=O) groups is 1. The smallest absolute Gasteiger partial charge is 0.256 e. The quantitative estimate of drug-likeness (QED) is 0.230. The van der Waals surface area contributed by atoms with Gasteiger partial charge in [0.1, 0.15) is 5.82 Å². The average molecular weight is 559 g/mol. The molecule has 1 aliphatic rings. The van der Waals surface area contributed by atoms with E-state index in [0.717, 1.165) is 54.7 Å². The highest BCUT2D eigenvalue weighted by atomic mass is 35.5. The number of anilines is 1. The Balaban J connectivity index is 1.61. The molecular weight excluding hydrogens is 532 g/mol. The van der Waals surface area contributed by atoms with Crippen LogP contribution in [0.4, 0.5) is 5.82 Å². The average Bonchev–Trinajstić information content (AvgIpc) is 3.64. The highest BCUT2D eigenvalue weighted by Gasteiger charge is 2.36. The molecule has 0 atom stereocenters. The van der Waals surface area contributed by atoms with Gasteiger partial charge in [0.2, 0.25) is 11.8 Å². The lowest BCUT2D eigenvalue weighted by Gasteiger charge is -2.15. The first kappa shape index (κ1) is 25.5. The van der Waals surface area contributed by atoms with E-state index in [1.165, 1.54) is 0 Å². The third-order valence-corrected chi connectivity index (χ3v) is 8.47. The fourth-order valence-corrected chi connectivity index (χ4v) is 6.61. The first-order valence-electron chi connectivity index (χ1n) is 12.9. The van der Waals surface area contributed by atoms with Gasteiger partial charge in [-0.2, -0.15) is 0 Å². The Bertz CT molecular complexity index is 1710. The monoisotopic (exact) mass is 558 g/mol. The molecule has 5 heterocycles. The second kappa shape index (κ2) is 10.4. The zero-order valence-electron chi connectivity index (χ0n) is 21.9. The van der Waals surface area contributed by atoms with Crippen molar-refractivity contribution in [1.29, 1.82) is 0 Å². The molecule has 5 aromatic rings. The van der Waals surface area contributed by atoms with Gasteiger partial charge in [0.05, 0.1) is 33.8 Å². The van der Waals surface area contributed by atoms with E-state index in [-0.39, 0.29) is 5.91 Å². The Morgan fingerprint density at radius 1 is 1.13 bits per heavy atom. The SMILES string of the molecule is CCCN1Cc2nc(CCc3ccccc3Cl)c(-c3nnc(C)o3)c(-c3cc4ccnc(NC)c4s3)c2C1=O. The molecule has 10 heteroatoms. The van der Waals surface area contributed by atoms with Crippen LogP contribution < -0.4 is 5.32 Å². The van der Waals surface area contributed by atoms with Gasteiger partial charge < -0.3 is 14.6 Å². The highest BCUT2D eigenvalue weighted by molar-refractivity contribution is 7.23. The van der Waals surface area contributed by atoms with Crippen molar-refractivity contribution in [3.63, 3.8) is 0 Å². The van der Waals surface area contributed by atoms with E-state index in [2.05, 4.69) is 33.5 Å². The second-order valence-electron chi connectivity index (χ2n) is 9.51. The molecule has 1 amide bonds. The number of amides is 1. The molecule has 0 bridgehead atoms. The van der Waals surface area contributed by atoms with E-state index >= 15 is 0 Å². The van der Waals surface area contributed by atoms with E-state index < -0.39 is 0 Å². The van der Waals surface area contributed by atoms with E-state index in [1.54, 1.807) is 24.5 Å². The van der Waals surface area contributed by atoms with Gasteiger partial charge in [0, 0.05) is 42.2 Å². The molecule has 0 saturated carbocycles. The minimum Gasteiger partial charge on any atom is -0.421 e. The molecule has 1 aliphatic heterocycles. The summed E-state index contributed by atoms with van der Waals surface area (Å²) in [6, 6.07) is 11.9. The van der Waals surface area contributed by atoms with E-state index in [9.17, 15) is 4.79 Å². The third-order valence-electron chi connectivity index (χ3n) is 6.93. The molecule has 8 nitrogen and oxygen atoms in total. The number of hydrogen-bond donors (Lipinski definition) is 1. The van der Waals surface area contributed by atoms with Gasteiger partial charge in [-0.15, -0.1) is 21.5 Å². The van der Waals surface area contributed by atoms with Crippen LogP contribution in [0.5, 0.6) is 0 Å². The Labute approximate surface area is 235 Å². The fourth-order valence-electron chi connectivity index (χ4n) is 5.17. The lowest BCUT2D eigenvalue weighted by Crippen LogP contribution is -2.24. The van der Waals surface area contributed by atoms with Crippen molar-refractivity contribution >= 4 is 44.7 Å². The highest BCUT2D eigenvalue weighted by Crippen LogP contribution is 2.46. The van der Waals surface area contributed by atoms with Crippen molar-refractivity contribution in [2.45, 2.75) is 39.7 Å². The maximum Gasteiger partial charge on any atom is 0.256 e. The summed E-state index contributed by atoms with van der Waals surface area (Å²) in [5, 5.41) is 13.5. The fraction of sp³-hybridized carbons (Fsp3) is 0.276. The van der Waals surface area contributed by atoms with Gasteiger partial charge in [-0.05, 0) is 48.4 Å². The minimum atomic E-state index is -0.0195. The Morgan fingerprint density at radius 3 is 2.72 bits per heavy atom. The summed E-state index contributed by atoms with van der Waals surface area (Å²) in [7, 11) is 1.86. The maximum atomic E-state index is 13.8. The summed E-state index contributed by atoms with van der Waals surface area (Å²) in [5.74, 6) is 1.58. The Morgan fingerprint density at radius 2 is 1.97 bits per heavy atom. The number of halogens is 1. The molecule has 0 fully saturated rings. The van der Waals surface area contributed by atoms with E-state index in [0.29, 0.717) is 48.8 Å². The van der Waals surface area contributed by atoms with Crippen LogP contribution in [-0.2, 0) is 19.4 Å². The Kier molecular flexibility index (Phi) is 6.78. The van der Waals surface area contributed by atoms with E-state index in [1.807, 2.05) is 42.3 Å². The van der Waals surface area contributed by atoms with Gasteiger partial charge in [0.15, 0.2) is 0 Å². The van der Waals surface area contributed by atoms with Crippen molar-refractivity contribution in [3.05, 3.63) is 76.0 Å². The topological polar surface area (TPSA) is 97.0 Å². The lowest BCUT2D eigenvalue weighted by molar-refractivity contribution is 0.0779. The molecule has 6 rings (SSSR count). The number of pyridine rings is 2. The standard InChI is InChI=1S/C29H27ClN6O2S/c1-4-13-36-15-21-24(29(36)37)25(22-14-18-11-12-32-27(31-3)26(18)39-22)23(28-35-34-16(2)38-28)20(33-21)10-9-17-7-5-6-8-19(17)30/h5-8,11-12,14H,4,9-10,13,15H2,1-3H3,(H,31,32). The summed E-state index contributed by atoms with van der Waals surface area (Å²) < 4.78 is 7.02. The number of rotatable bonds is 8. The lowest BCUT2D eigenvalue weighted by atomic mass is 9.94. The van der Waals surface area contributed by atoms with Gasteiger partial charge in [-0.1, -0.05) is 36.7 Å². The van der Waals surface area contributed by atoms with Gasteiger partial charge in [-0.25, -0.2) is 4.98 Å². The largest absolute Gasteiger partial charge is 0.421 e. The number of hydrogen-bond acceptors (Lipinski definition) is 8. The van der Waals surface area contributed by atoms with Crippen molar-refractivity contribution in [1.82, 2.24) is 25.1 Å². The number of thiophene rings is 1. The van der Waals surface area contributed by atoms with Crippen LogP contribution in [0.2, 0.25) is 5.02 Å². The molecule has 198 valence electrons. The number of aromatic nitrogens is 4. The normalized spacial score (nSPS) is 12.9. The zero-order chi connectivity index (χ0) is 27.1. The molecule has 4 aromatic heterocycles. The summed E-state index contributed by atoms with van der Waals surface area (Å²) in [6.45, 7) is 4.98. The number of benzene rings is 1. The molecule has 0 spiro atoms. The summed E-state index contributed by atoms with van der Waals surface area (Å²) in [4.78, 5) is 26.2. The maximum absolute atomic E-state index is 13.8. The number of fused-ring (bicyclic) bond motifs is 2. The molecule has 0 radical (unpaired) electrons. The van der Waals surface area contributed by atoms with Crippen LogP contribution in [0, 0.1) is 6.92 Å². The number of nitrogens with zero attached hydrogens (tertiary/aromatic N) is 5. The molecule has 0 saturated heterocycles. The van der Waals surface area contributed by atoms with Crippen LogP contribution in [0.15, 0.2) is 47.0 Å². The van der Waals surface area contributed by atoms with Crippen LogP contribution in [0.3, 0.4) is 0 Å². The van der Waals surface area contributed by atoms with Crippen molar-refractivity contribution < 1.29 is 9.21 Å². The van der Waals surface area contributed by atoms with Crippen LogP contribution in [0.25, 0.3) is 32.0 Å². The van der Waals surface area contributed by atoms with Crippen LogP contribution in [-0.4, -0.2) is 44.6 Å². The first-order chi connectivity index (χ1) is 19.0. The number of nitrogens with one attached hydrogen (secondary N) is 1. The van der Waals surface area contributed by atoms with Gasteiger partial charge in [0.25, 0.3) is 5.91 Å². The van der Waals surface area contributed by atoms with E-state index in [4.69, 9.17) is 21.0 Å². The predicted octanol–water partition coefficient (Wildman–Crippen LogP) is 6.56.